The molecule has 0 spiro atoms. The van der Waals surface area contributed by atoms with E-state index >= 15 is 0 Å². The summed E-state index contributed by atoms with van der Waals surface area (Å²) in [6.07, 6.45) is 1.59. The van der Waals surface area contributed by atoms with Gasteiger partial charge in [0.15, 0.2) is 5.76 Å². The van der Waals surface area contributed by atoms with Gasteiger partial charge in [-0.05, 0) is 31.5 Å². The minimum atomic E-state index is -0.773. The van der Waals surface area contributed by atoms with Crippen LogP contribution in [0.25, 0.3) is 11.3 Å². The summed E-state index contributed by atoms with van der Waals surface area (Å²) in [4.78, 5) is 13.1. The molecule has 1 aliphatic heterocycles. The molecule has 0 amide bonds. The Hall–Kier alpha value is -1.85. The number of carbonyl (C=O) groups is 1. The lowest BCUT2D eigenvalue weighted by Crippen LogP contribution is -2.35. The van der Waals surface area contributed by atoms with Gasteiger partial charge in [-0.15, -0.1) is 0 Å². The van der Waals surface area contributed by atoms with Gasteiger partial charge in [0.05, 0.1) is 6.54 Å². The number of carboxylic acids is 1. The highest BCUT2D eigenvalue weighted by atomic mass is 35.5. The Bertz CT molecular complexity index is 639. The Morgan fingerprint density at radius 2 is 2.19 bits per heavy atom. The monoisotopic (exact) mass is 306 g/mol. The molecule has 2 heterocycles. The number of rotatable bonds is 4. The quantitative estimate of drug-likeness (QED) is 0.940. The van der Waals surface area contributed by atoms with E-state index in [2.05, 4.69) is 5.16 Å². The molecule has 1 aromatic carbocycles. The second kappa shape index (κ2) is 5.87. The Labute approximate surface area is 127 Å². The molecule has 0 aliphatic carbocycles. The van der Waals surface area contributed by atoms with E-state index in [0.717, 1.165) is 24.2 Å². The van der Waals surface area contributed by atoms with Crippen molar-refractivity contribution in [2.75, 3.05) is 6.54 Å². The van der Waals surface area contributed by atoms with E-state index in [4.69, 9.17) is 16.1 Å². The fourth-order valence-corrected chi connectivity index (χ4v) is 2.77. The fourth-order valence-electron chi connectivity index (χ4n) is 2.64. The van der Waals surface area contributed by atoms with Crippen LogP contribution in [0.1, 0.15) is 18.6 Å². The molecular weight excluding hydrogens is 292 g/mol. The van der Waals surface area contributed by atoms with Gasteiger partial charge >= 0.3 is 5.97 Å². The summed E-state index contributed by atoms with van der Waals surface area (Å²) in [5.74, 6) is -0.0990. The Kier molecular flexibility index (Phi) is 3.94. The van der Waals surface area contributed by atoms with Crippen molar-refractivity contribution in [3.63, 3.8) is 0 Å². The van der Waals surface area contributed by atoms with Crippen molar-refractivity contribution in [2.45, 2.75) is 25.4 Å². The van der Waals surface area contributed by atoms with Crippen molar-refractivity contribution < 1.29 is 14.4 Å². The zero-order valence-electron chi connectivity index (χ0n) is 11.3. The fraction of sp³-hybridized carbons (Fsp3) is 0.333. The van der Waals surface area contributed by atoms with E-state index in [1.807, 2.05) is 23.1 Å². The predicted molar refractivity (Wildman–Crippen MR) is 78.0 cm³/mol. The minimum Gasteiger partial charge on any atom is -0.480 e. The third kappa shape index (κ3) is 3.09. The molecule has 0 bridgehead atoms. The van der Waals surface area contributed by atoms with E-state index in [0.29, 0.717) is 23.7 Å². The molecule has 5 nitrogen and oxygen atoms in total. The van der Waals surface area contributed by atoms with Crippen molar-refractivity contribution in [1.82, 2.24) is 10.1 Å². The normalized spacial score (nSPS) is 19.0. The number of halogens is 1. The highest BCUT2D eigenvalue weighted by Crippen LogP contribution is 2.24. The first-order chi connectivity index (χ1) is 10.1. The summed E-state index contributed by atoms with van der Waals surface area (Å²) in [6.45, 7) is 1.24. The first-order valence-corrected chi connectivity index (χ1v) is 7.19. The highest BCUT2D eigenvalue weighted by Gasteiger charge is 2.31. The van der Waals surface area contributed by atoms with Gasteiger partial charge in [0.1, 0.15) is 11.7 Å². The Balaban J connectivity index is 1.73. The number of likely N-dealkylation sites (tertiary alicyclic amines) is 1. The van der Waals surface area contributed by atoms with Gasteiger partial charge in [-0.25, -0.2) is 0 Å². The van der Waals surface area contributed by atoms with Crippen LogP contribution in [-0.2, 0) is 11.3 Å². The number of nitrogens with zero attached hydrogens (tertiary/aromatic N) is 2. The maximum Gasteiger partial charge on any atom is 0.320 e. The van der Waals surface area contributed by atoms with Crippen LogP contribution in [0.2, 0.25) is 5.02 Å². The number of aliphatic carboxylic acids is 1. The van der Waals surface area contributed by atoms with Crippen LogP contribution in [-0.4, -0.2) is 33.7 Å². The molecule has 3 rings (SSSR count). The highest BCUT2D eigenvalue weighted by molar-refractivity contribution is 6.30. The molecule has 6 heteroatoms. The summed E-state index contributed by atoms with van der Waals surface area (Å²) in [6, 6.07) is 8.77. The molecule has 21 heavy (non-hydrogen) atoms. The number of aromatic nitrogens is 1. The topological polar surface area (TPSA) is 66.6 Å². The third-order valence-corrected chi connectivity index (χ3v) is 3.96. The molecule has 0 saturated carbocycles. The van der Waals surface area contributed by atoms with Gasteiger partial charge in [0, 0.05) is 16.7 Å². The zero-order valence-corrected chi connectivity index (χ0v) is 12.1. The van der Waals surface area contributed by atoms with E-state index in [1.54, 1.807) is 12.1 Å². The van der Waals surface area contributed by atoms with Crippen molar-refractivity contribution in [2.24, 2.45) is 0 Å². The second-order valence-corrected chi connectivity index (χ2v) is 5.59. The van der Waals surface area contributed by atoms with Crippen LogP contribution >= 0.6 is 11.6 Å². The summed E-state index contributed by atoms with van der Waals surface area (Å²) in [5, 5.41) is 13.9. The number of carboxylic acid groups (broad SMARTS) is 1. The number of benzene rings is 1. The first kappa shape index (κ1) is 14.1. The van der Waals surface area contributed by atoms with E-state index in [1.165, 1.54) is 0 Å². The third-order valence-electron chi connectivity index (χ3n) is 3.71. The molecule has 1 N–H and O–H groups in total. The van der Waals surface area contributed by atoms with Crippen LogP contribution in [0.4, 0.5) is 0 Å². The molecule has 1 aromatic heterocycles. The lowest BCUT2D eigenvalue weighted by Gasteiger charge is -2.18. The summed E-state index contributed by atoms with van der Waals surface area (Å²) < 4.78 is 5.32. The summed E-state index contributed by atoms with van der Waals surface area (Å²) in [5.41, 5.74) is 1.65. The average Bonchev–Trinajstić information content (AvgIpc) is 3.09. The summed E-state index contributed by atoms with van der Waals surface area (Å²) in [7, 11) is 0. The van der Waals surface area contributed by atoms with Crippen molar-refractivity contribution in [3.8, 4) is 11.3 Å². The smallest absolute Gasteiger partial charge is 0.320 e. The lowest BCUT2D eigenvalue weighted by atomic mass is 10.1. The van der Waals surface area contributed by atoms with Gasteiger partial charge in [0.2, 0.25) is 0 Å². The van der Waals surface area contributed by atoms with E-state index < -0.39 is 12.0 Å². The van der Waals surface area contributed by atoms with E-state index in [-0.39, 0.29) is 0 Å². The molecule has 0 radical (unpaired) electrons. The second-order valence-electron chi connectivity index (χ2n) is 5.15. The van der Waals surface area contributed by atoms with Gasteiger partial charge in [-0.2, -0.15) is 0 Å². The number of hydrogen-bond acceptors (Lipinski definition) is 4. The minimum absolute atomic E-state index is 0.422. The first-order valence-electron chi connectivity index (χ1n) is 6.82. The van der Waals surface area contributed by atoms with Crippen molar-refractivity contribution >= 4 is 17.6 Å². The molecule has 0 unspecified atom stereocenters. The van der Waals surface area contributed by atoms with Gasteiger partial charge < -0.3 is 9.63 Å². The van der Waals surface area contributed by atoms with Crippen LogP contribution in [0.3, 0.4) is 0 Å². The maximum absolute atomic E-state index is 11.2. The average molecular weight is 307 g/mol. The van der Waals surface area contributed by atoms with Crippen molar-refractivity contribution in [1.29, 1.82) is 0 Å². The summed E-state index contributed by atoms with van der Waals surface area (Å²) >= 11 is 5.86. The van der Waals surface area contributed by atoms with Crippen molar-refractivity contribution in [3.05, 3.63) is 41.1 Å². The molecular formula is C15H15ClN2O3. The van der Waals surface area contributed by atoms with Crippen LogP contribution in [0.5, 0.6) is 0 Å². The zero-order chi connectivity index (χ0) is 14.8. The standard InChI is InChI=1S/C15H15ClN2O3/c16-11-5-3-10(4-6-11)13-8-12(21-17-13)9-18-7-1-2-14(18)15(19)20/h3-6,8,14H,1-2,7,9H2,(H,19,20)/t14-/m0/s1. The Morgan fingerprint density at radius 1 is 1.43 bits per heavy atom. The van der Waals surface area contributed by atoms with Gasteiger partial charge in [-0.1, -0.05) is 28.9 Å². The lowest BCUT2D eigenvalue weighted by molar-refractivity contribution is -0.142. The van der Waals surface area contributed by atoms with E-state index in [9.17, 15) is 9.90 Å². The van der Waals surface area contributed by atoms with Crippen LogP contribution in [0.15, 0.2) is 34.9 Å². The van der Waals surface area contributed by atoms with Gasteiger partial charge in [0.25, 0.3) is 0 Å². The molecule has 2 aromatic rings. The SMILES string of the molecule is O=C(O)[C@@H]1CCCN1Cc1cc(-c2ccc(Cl)cc2)no1. The van der Waals surface area contributed by atoms with Crippen LogP contribution < -0.4 is 0 Å². The van der Waals surface area contributed by atoms with Gasteiger partial charge in [-0.3, -0.25) is 9.69 Å². The number of hydrogen-bond donors (Lipinski definition) is 1. The molecule has 1 atom stereocenters. The molecule has 1 aliphatic rings. The maximum atomic E-state index is 11.2. The molecule has 110 valence electrons. The van der Waals surface area contributed by atoms with Crippen LogP contribution in [0, 0.1) is 0 Å². The predicted octanol–water partition coefficient (Wildman–Crippen LogP) is 3.04. The largest absolute Gasteiger partial charge is 0.480 e. The molecule has 1 fully saturated rings. The molecule has 1 saturated heterocycles. The Morgan fingerprint density at radius 3 is 2.90 bits per heavy atom.